The summed E-state index contributed by atoms with van der Waals surface area (Å²) in [6, 6.07) is -0.841. The van der Waals surface area contributed by atoms with E-state index >= 15 is 0 Å². The summed E-state index contributed by atoms with van der Waals surface area (Å²) in [5.74, 6) is -1.01. The molecule has 4 N–H and O–H groups in total. The molecule has 11 heavy (non-hydrogen) atoms. The molecule has 1 aliphatic rings. The predicted molar refractivity (Wildman–Crippen MR) is 38.0 cm³/mol. The third-order valence-electron chi connectivity index (χ3n) is 1.71. The third-order valence-corrected chi connectivity index (χ3v) is 1.71. The molecular formula is C6H12N2O3. The molecule has 3 atom stereocenters. The van der Waals surface area contributed by atoms with Crippen LogP contribution in [0.1, 0.15) is 6.92 Å². The van der Waals surface area contributed by atoms with Gasteiger partial charge < -0.3 is 10.2 Å². The zero-order chi connectivity index (χ0) is 8.43. The average Bonchev–Trinajstić information content (AvgIpc) is 1.94. The molecule has 64 valence electrons. The van der Waals surface area contributed by atoms with Gasteiger partial charge in [-0.3, -0.25) is 15.4 Å². The zero-order valence-electron chi connectivity index (χ0n) is 6.24. The van der Waals surface area contributed by atoms with Gasteiger partial charge in [-0.2, -0.15) is 0 Å². The summed E-state index contributed by atoms with van der Waals surface area (Å²) in [6.07, 6.45) is -0.900. The fraction of sp³-hybridized carbons (Fsp3) is 0.833. The van der Waals surface area contributed by atoms with Crippen LogP contribution < -0.4 is 10.6 Å². The number of nitrogens with one attached hydrogen (secondary N) is 2. The molecule has 0 radical (unpaired) electrons. The number of carboxylic acid groups (broad SMARTS) is 1. The first-order valence-corrected chi connectivity index (χ1v) is 3.51. The van der Waals surface area contributed by atoms with Crippen LogP contribution in [0.4, 0.5) is 0 Å². The quantitative estimate of drug-likeness (QED) is 0.369. The first-order chi connectivity index (χ1) is 5.11. The molecule has 1 heterocycles. The second-order valence-corrected chi connectivity index (χ2v) is 2.68. The smallest absolute Gasteiger partial charge is 0.323 e. The van der Waals surface area contributed by atoms with Crippen molar-refractivity contribution in [3.63, 3.8) is 0 Å². The molecule has 1 unspecified atom stereocenters. The molecule has 5 nitrogen and oxygen atoms in total. The van der Waals surface area contributed by atoms with Crippen molar-refractivity contribution in [2.75, 3.05) is 6.54 Å². The van der Waals surface area contributed by atoms with Gasteiger partial charge >= 0.3 is 5.97 Å². The number of carboxylic acids is 1. The Morgan fingerprint density at radius 1 is 1.64 bits per heavy atom. The van der Waals surface area contributed by atoms with Gasteiger partial charge in [-0.05, 0) is 6.92 Å². The van der Waals surface area contributed by atoms with E-state index in [0.29, 0.717) is 6.54 Å². The number of aliphatic hydroxyl groups excluding tert-OH is 1. The lowest BCUT2D eigenvalue weighted by molar-refractivity contribution is -0.143. The molecule has 0 aromatic heterocycles. The van der Waals surface area contributed by atoms with Gasteiger partial charge in [-0.1, -0.05) is 0 Å². The maximum absolute atomic E-state index is 10.5. The molecule has 0 amide bonds. The Labute approximate surface area is 64.4 Å². The van der Waals surface area contributed by atoms with E-state index in [1.807, 2.05) is 6.92 Å². The second-order valence-electron chi connectivity index (χ2n) is 2.68. The van der Waals surface area contributed by atoms with Crippen molar-refractivity contribution >= 4 is 5.97 Å². The maximum Gasteiger partial charge on any atom is 0.323 e. The van der Waals surface area contributed by atoms with Crippen LogP contribution >= 0.6 is 0 Å². The first-order valence-electron chi connectivity index (χ1n) is 3.51. The monoisotopic (exact) mass is 160 g/mol. The Bertz CT molecular complexity index is 162. The zero-order valence-corrected chi connectivity index (χ0v) is 6.24. The molecule has 1 aliphatic heterocycles. The molecule has 5 heteroatoms. The normalized spacial score (nSPS) is 38.5. The second kappa shape index (κ2) is 3.17. The molecule has 0 bridgehead atoms. The highest BCUT2D eigenvalue weighted by Crippen LogP contribution is 1.99. The van der Waals surface area contributed by atoms with Gasteiger partial charge in [0.15, 0.2) is 0 Å². The Balaban J connectivity index is 2.54. The molecule has 1 rings (SSSR count). The van der Waals surface area contributed by atoms with E-state index in [0.717, 1.165) is 0 Å². The van der Waals surface area contributed by atoms with Crippen molar-refractivity contribution in [3.05, 3.63) is 0 Å². The van der Waals surface area contributed by atoms with Crippen molar-refractivity contribution < 1.29 is 15.0 Å². The van der Waals surface area contributed by atoms with Crippen LogP contribution in [0.5, 0.6) is 0 Å². The largest absolute Gasteiger partial charge is 0.480 e. The van der Waals surface area contributed by atoms with Crippen LogP contribution in [0, 0.1) is 0 Å². The number of aliphatic carboxylic acids is 1. The van der Waals surface area contributed by atoms with Crippen molar-refractivity contribution in [2.24, 2.45) is 0 Å². The van der Waals surface area contributed by atoms with Crippen LogP contribution in [0.3, 0.4) is 0 Å². The molecule has 0 saturated carbocycles. The van der Waals surface area contributed by atoms with Crippen LogP contribution in [-0.4, -0.2) is 41.0 Å². The molecule has 0 aliphatic carbocycles. The van der Waals surface area contributed by atoms with Gasteiger partial charge in [0.25, 0.3) is 0 Å². The minimum absolute atomic E-state index is 0.0560. The van der Waals surface area contributed by atoms with Crippen molar-refractivity contribution in [1.82, 2.24) is 10.6 Å². The van der Waals surface area contributed by atoms with Gasteiger partial charge in [0.2, 0.25) is 0 Å². The van der Waals surface area contributed by atoms with Crippen LogP contribution in [0.25, 0.3) is 0 Å². The summed E-state index contributed by atoms with van der Waals surface area (Å²) >= 11 is 0. The Hall–Kier alpha value is -0.650. The lowest BCUT2D eigenvalue weighted by Gasteiger charge is -2.31. The molecule has 1 fully saturated rings. The number of aliphatic hydroxyl groups is 1. The third kappa shape index (κ3) is 1.89. The summed E-state index contributed by atoms with van der Waals surface area (Å²) < 4.78 is 0. The summed E-state index contributed by atoms with van der Waals surface area (Å²) in [5.41, 5.74) is 0. The van der Waals surface area contributed by atoms with Gasteiger partial charge in [0, 0.05) is 6.54 Å². The van der Waals surface area contributed by atoms with Gasteiger partial charge in [-0.25, -0.2) is 0 Å². The van der Waals surface area contributed by atoms with Crippen molar-refractivity contribution in [2.45, 2.75) is 25.2 Å². The summed E-state index contributed by atoms with van der Waals surface area (Å²) in [6.45, 7) is 2.13. The van der Waals surface area contributed by atoms with Gasteiger partial charge in [0.1, 0.15) is 6.04 Å². The average molecular weight is 160 g/mol. The number of hydrogen-bond donors (Lipinski definition) is 4. The minimum Gasteiger partial charge on any atom is -0.480 e. The van der Waals surface area contributed by atoms with E-state index in [2.05, 4.69) is 10.6 Å². The van der Waals surface area contributed by atoms with E-state index in [1.165, 1.54) is 0 Å². The SMILES string of the molecule is CC1NC[C@H](O)[C@@H](C(=O)O)N1. The standard InChI is InChI=1S/C6H12N2O3/c1-3-7-2-4(9)5(8-3)6(10)11/h3-5,7-9H,2H2,1H3,(H,10,11)/t3?,4-,5-/m0/s1. The minimum atomic E-state index is -1.01. The highest BCUT2D eigenvalue weighted by Gasteiger charge is 2.31. The van der Waals surface area contributed by atoms with E-state index in [-0.39, 0.29) is 6.17 Å². The lowest BCUT2D eigenvalue weighted by Crippen LogP contribution is -2.62. The van der Waals surface area contributed by atoms with Gasteiger partial charge in [-0.15, -0.1) is 0 Å². The topological polar surface area (TPSA) is 81.6 Å². The van der Waals surface area contributed by atoms with Gasteiger partial charge in [0.05, 0.1) is 12.3 Å². The Morgan fingerprint density at radius 3 is 2.73 bits per heavy atom. The molecule has 0 aromatic carbocycles. The maximum atomic E-state index is 10.5. The van der Waals surface area contributed by atoms with Crippen LogP contribution in [0.15, 0.2) is 0 Å². The molecular weight excluding hydrogens is 148 g/mol. The molecule has 0 spiro atoms. The number of carbonyl (C=O) groups is 1. The number of rotatable bonds is 1. The first kappa shape index (κ1) is 8.45. The van der Waals surface area contributed by atoms with E-state index in [9.17, 15) is 4.79 Å². The van der Waals surface area contributed by atoms with Crippen molar-refractivity contribution in [3.8, 4) is 0 Å². The summed E-state index contributed by atoms with van der Waals surface area (Å²) in [7, 11) is 0. The van der Waals surface area contributed by atoms with E-state index < -0.39 is 18.1 Å². The fourth-order valence-electron chi connectivity index (χ4n) is 1.09. The summed E-state index contributed by atoms with van der Waals surface area (Å²) in [4.78, 5) is 10.5. The van der Waals surface area contributed by atoms with E-state index in [1.54, 1.807) is 0 Å². The van der Waals surface area contributed by atoms with Crippen LogP contribution in [0.2, 0.25) is 0 Å². The summed E-state index contributed by atoms with van der Waals surface area (Å²) in [5, 5.41) is 23.3. The van der Waals surface area contributed by atoms with E-state index in [4.69, 9.17) is 10.2 Å². The molecule has 0 aromatic rings. The number of hydrogen-bond acceptors (Lipinski definition) is 4. The number of β-amino-alcohol motifs (C(OH)–C–C–N with tert-alkyl or cyclic N) is 1. The highest BCUT2D eigenvalue weighted by molar-refractivity contribution is 5.74. The van der Waals surface area contributed by atoms with Crippen molar-refractivity contribution in [1.29, 1.82) is 0 Å². The Morgan fingerprint density at radius 2 is 2.27 bits per heavy atom. The highest BCUT2D eigenvalue weighted by atomic mass is 16.4. The van der Waals surface area contributed by atoms with Crippen LogP contribution in [-0.2, 0) is 4.79 Å². The predicted octanol–water partition coefficient (Wildman–Crippen LogP) is -1.66. The lowest BCUT2D eigenvalue weighted by atomic mass is 10.1. The Kier molecular flexibility index (Phi) is 2.43. The fourth-order valence-corrected chi connectivity index (χ4v) is 1.09. The molecule has 1 saturated heterocycles.